The molecule has 1 aliphatic carbocycles. The number of carbonyl (C=O) groups excluding carboxylic acids is 1. The van der Waals surface area contributed by atoms with Gasteiger partial charge in [0.25, 0.3) is 0 Å². The second kappa shape index (κ2) is 8.41. The van der Waals surface area contributed by atoms with Gasteiger partial charge in [-0.25, -0.2) is 0 Å². The monoisotopic (exact) mass is 414 g/mol. The van der Waals surface area contributed by atoms with E-state index in [1.807, 2.05) is 0 Å². The molecule has 1 rings (SSSR count). The van der Waals surface area contributed by atoms with Crippen LogP contribution in [-0.2, 0) is 13.6 Å². The van der Waals surface area contributed by atoms with Crippen LogP contribution >= 0.6 is 0 Å². The highest BCUT2D eigenvalue weighted by atomic mass is 28.4. The molecule has 0 unspecified atom stereocenters. The van der Waals surface area contributed by atoms with Gasteiger partial charge in [0.2, 0.25) is 0 Å². The second-order valence-corrected chi connectivity index (χ2v) is 21.6. The average molecular weight is 415 g/mol. The molecule has 5 heteroatoms. The Balaban J connectivity index is 3.02. The Kier molecular flexibility index (Phi) is 7.80. The molecule has 1 fully saturated rings. The number of Topliss-reactive ketones (excluding diaryl/α,β-unsaturated/α-hetero) is 1. The van der Waals surface area contributed by atoms with Crippen molar-refractivity contribution in [1.29, 1.82) is 0 Å². The Morgan fingerprint density at radius 1 is 0.889 bits per heavy atom. The largest absolute Gasteiger partial charge is 0.416 e. The molecule has 0 aliphatic heterocycles. The van der Waals surface area contributed by atoms with E-state index in [1.54, 1.807) is 0 Å². The molecule has 0 spiro atoms. The second-order valence-electron chi connectivity index (χ2n) is 12.0. The minimum atomic E-state index is -1.99. The lowest BCUT2D eigenvalue weighted by atomic mass is 9.94. The van der Waals surface area contributed by atoms with Crippen molar-refractivity contribution >= 4 is 22.4 Å². The van der Waals surface area contributed by atoms with Gasteiger partial charge in [-0.1, -0.05) is 55.4 Å². The van der Waals surface area contributed by atoms with Gasteiger partial charge in [-0.3, -0.25) is 4.79 Å². The summed E-state index contributed by atoms with van der Waals surface area (Å²) in [6, 6.07) is 0. The first-order valence-electron chi connectivity index (χ1n) is 10.7. The maximum absolute atomic E-state index is 13.5. The third kappa shape index (κ3) is 6.25. The van der Waals surface area contributed by atoms with E-state index < -0.39 is 16.6 Å². The zero-order valence-electron chi connectivity index (χ0n) is 20.2. The fourth-order valence-electron chi connectivity index (χ4n) is 3.31. The molecule has 0 radical (unpaired) electrons. The predicted molar refractivity (Wildman–Crippen MR) is 121 cm³/mol. The van der Waals surface area contributed by atoms with E-state index >= 15 is 0 Å². The minimum absolute atomic E-state index is 0.0335. The van der Waals surface area contributed by atoms with Gasteiger partial charge in [-0.15, -0.1) is 0 Å². The Morgan fingerprint density at radius 3 is 1.81 bits per heavy atom. The van der Waals surface area contributed by atoms with Crippen LogP contribution in [0.3, 0.4) is 0 Å². The van der Waals surface area contributed by atoms with Gasteiger partial charge < -0.3 is 8.85 Å². The van der Waals surface area contributed by atoms with Crippen LogP contribution in [0, 0.1) is 17.8 Å². The molecule has 0 aromatic carbocycles. The number of ketones is 1. The lowest BCUT2D eigenvalue weighted by molar-refractivity contribution is -0.132. The smallest absolute Gasteiger partial charge is 0.193 e. The van der Waals surface area contributed by atoms with Gasteiger partial charge in [0, 0.05) is 12.5 Å². The predicted octanol–water partition coefficient (Wildman–Crippen LogP) is 6.65. The van der Waals surface area contributed by atoms with Gasteiger partial charge in [0.1, 0.15) is 6.10 Å². The number of hydrogen-bond donors (Lipinski definition) is 0. The Bertz CT molecular complexity index is 515. The van der Waals surface area contributed by atoms with E-state index in [2.05, 4.69) is 81.6 Å². The lowest BCUT2D eigenvalue weighted by Crippen LogP contribution is -2.49. The van der Waals surface area contributed by atoms with Crippen LogP contribution in [0.25, 0.3) is 0 Å². The van der Waals surface area contributed by atoms with Crippen molar-refractivity contribution in [2.45, 2.75) is 111 Å². The first-order valence-corrected chi connectivity index (χ1v) is 16.6. The normalized spacial score (nSPS) is 29.0. The summed E-state index contributed by atoms with van der Waals surface area (Å²) >= 11 is 0. The van der Waals surface area contributed by atoms with Crippen LogP contribution in [0.5, 0.6) is 0 Å². The van der Waals surface area contributed by atoms with Crippen LogP contribution < -0.4 is 0 Å². The molecular formula is C22H46O3Si2. The topological polar surface area (TPSA) is 35.5 Å². The molecule has 1 saturated carbocycles. The molecule has 27 heavy (non-hydrogen) atoms. The fraction of sp³-hybridized carbons (Fsp3) is 0.955. The van der Waals surface area contributed by atoms with Gasteiger partial charge >= 0.3 is 0 Å². The third-order valence-corrected chi connectivity index (χ3v) is 16.3. The molecule has 3 nitrogen and oxygen atoms in total. The van der Waals surface area contributed by atoms with E-state index in [1.165, 1.54) is 0 Å². The molecule has 0 bridgehead atoms. The maximum Gasteiger partial charge on any atom is 0.193 e. The molecule has 0 saturated heterocycles. The van der Waals surface area contributed by atoms with E-state index in [-0.39, 0.29) is 33.8 Å². The summed E-state index contributed by atoms with van der Waals surface area (Å²) in [6.45, 7) is 27.6. The molecule has 4 atom stereocenters. The molecule has 0 N–H and O–H groups in total. The van der Waals surface area contributed by atoms with Crippen molar-refractivity contribution < 1.29 is 13.6 Å². The number of rotatable bonds is 5. The highest BCUT2D eigenvalue weighted by Gasteiger charge is 2.46. The summed E-state index contributed by atoms with van der Waals surface area (Å²) in [5.41, 5.74) is 0. The summed E-state index contributed by atoms with van der Waals surface area (Å²) in [5.74, 6) is 1.06. The van der Waals surface area contributed by atoms with E-state index in [9.17, 15) is 4.79 Å². The van der Waals surface area contributed by atoms with E-state index in [0.29, 0.717) is 12.5 Å². The van der Waals surface area contributed by atoms with Crippen molar-refractivity contribution in [3.63, 3.8) is 0 Å². The minimum Gasteiger partial charge on any atom is -0.416 e. The van der Waals surface area contributed by atoms with E-state index in [0.717, 1.165) is 12.8 Å². The van der Waals surface area contributed by atoms with Crippen LogP contribution in [-0.4, -0.2) is 35.1 Å². The Hall–Kier alpha value is 0.0238. The zero-order valence-corrected chi connectivity index (χ0v) is 22.2. The molecular weight excluding hydrogens is 368 g/mol. The van der Waals surface area contributed by atoms with Crippen LogP contribution in [0.2, 0.25) is 36.3 Å². The molecule has 0 aromatic rings. The Labute approximate surface area is 171 Å². The van der Waals surface area contributed by atoms with Crippen LogP contribution in [0.1, 0.15) is 68.2 Å². The maximum atomic E-state index is 13.5. The van der Waals surface area contributed by atoms with Crippen molar-refractivity contribution in [3.05, 3.63) is 0 Å². The van der Waals surface area contributed by atoms with Gasteiger partial charge in [-0.2, -0.15) is 0 Å². The quantitative estimate of drug-likeness (QED) is 0.373. The van der Waals surface area contributed by atoms with E-state index in [4.69, 9.17) is 8.85 Å². The first-order chi connectivity index (χ1) is 11.9. The van der Waals surface area contributed by atoms with Crippen LogP contribution in [0.4, 0.5) is 0 Å². The molecule has 0 amide bonds. The highest BCUT2D eigenvalue weighted by molar-refractivity contribution is 6.74. The Morgan fingerprint density at radius 2 is 1.37 bits per heavy atom. The highest BCUT2D eigenvalue weighted by Crippen LogP contribution is 2.41. The summed E-state index contributed by atoms with van der Waals surface area (Å²) in [4.78, 5) is 13.5. The van der Waals surface area contributed by atoms with Crippen molar-refractivity contribution in [1.82, 2.24) is 0 Å². The number of hydrogen-bond acceptors (Lipinski definition) is 3. The van der Waals surface area contributed by atoms with Crippen molar-refractivity contribution in [2.75, 3.05) is 6.61 Å². The van der Waals surface area contributed by atoms with Gasteiger partial charge in [0.05, 0.1) is 0 Å². The summed E-state index contributed by atoms with van der Waals surface area (Å²) in [6.07, 6.45) is 1.71. The molecule has 0 heterocycles. The average Bonchev–Trinajstić information content (AvgIpc) is 2.54. The van der Waals surface area contributed by atoms with Crippen molar-refractivity contribution in [3.8, 4) is 0 Å². The lowest BCUT2D eigenvalue weighted by Gasteiger charge is -2.41. The van der Waals surface area contributed by atoms with Crippen molar-refractivity contribution in [2.24, 2.45) is 17.8 Å². The van der Waals surface area contributed by atoms with Crippen LogP contribution in [0.15, 0.2) is 0 Å². The molecule has 160 valence electrons. The third-order valence-electron chi connectivity index (χ3n) is 7.34. The fourth-order valence-corrected chi connectivity index (χ4v) is 5.70. The molecule has 1 aliphatic rings. The first kappa shape index (κ1) is 25.1. The van der Waals surface area contributed by atoms with Gasteiger partial charge in [0.15, 0.2) is 22.4 Å². The molecule has 0 aromatic heterocycles. The standard InChI is InChI=1S/C22H46O3Si2/c1-16-13-17(2)20(25-27(11,12)22(6,7)8)19(23)18(14-16)15-24-26(9,10)21(3,4)5/h16-18,20H,13-15H2,1-12H3/t16-,17+,18+,20-/m0/s1. The zero-order chi connectivity index (χ0) is 21.4. The summed E-state index contributed by atoms with van der Waals surface area (Å²) < 4.78 is 13.1. The number of carbonyl (C=O) groups is 1. The van der Waals surface area contributed by atoms with Gasteiger partial charge in [-0.05, 0) is 60.9 Å². The summed E-state index contributed by atoms with van der Waals surface area (Å²) in [5, 5.41) is 0.273. The SMILES string of the molecule is C[C@@H]1C[C@H](CO[Si](C)(C)C(C)(C)C)C(=O)[C@@H](O[Si](C)(C)C(C)(C)C)[C@H](C)C1. The summed E-state index contributed by atoms with van der Waals surface area (Å²) in [7, 11) is -3.85.